The lowest BCUT2D eigenvalue weighted by atomic mass is 9.84. The molecule has 0 aromatic carbocycles. The van der Waals surface area contributed by atoms with Gasteiger partial charge >= 0.3 is 5.97 Å². The van der Waals surface area contributed by atoms with Crippen molar-refractivity contribution in [2.24, 2.45) is 5.92 Å². The van der Waals surface area contributed by atoms with Crippen molar-refractivity contribution in [2.75, 3.05) is 24.7 Å². The third-order valence-corrected chi connectivity index (χ3v) is 5.34. The van der Waals surface area contributed by atoms with E-state index in [0.717, 1.165) is 37.2 Å². The summed E-state index contributed by atoms with van der Waals surface area (Å²) in [6.45, 7) is 2.57. The van der Waals surface area contributed by atoms with Crippen molar-refractivity contribution in [1.29, 1.82) is 0 Å². The fourth-order valence-corrected chi connectivity index (χ4v) is 4.01. The summed E-state index contributed by atoms with van der Waals surface area (Å²) >= 11 is 1.77. The molecule has 0 aromatic heterocycles. The molecule has 116 valence electrons. The Morgan fingerprint density at radius 1 is 1.40 bits per heavy atom. The van der Waals surface area contributed by atoms with Gasteiger partial charge in [0.1, 0.15) is 5.54 Å². The summed E-state index contributed by atoms with van der Waals surface area (Å²) in [4.78, 5) is 12.5. The highest BCUT2D eigenvalue weighted by molar-refractivity contribution is 7.99. The number of carbonyl (C=O) groups is 1. The highest BCUT2D eigenvalue weighted by Gasteiger charge is 2.51. The second-order valence-corrected chi connectivity index (χ2v) is 7.05. The normalized spacial score (nSPS) is 29.6. The van der Waals surface area contributed by atoms with Crippen molar-refractivity contribution < 1.29 is 14.6 Å². The van der Waals surface area contributed by atoms with Crippen LogP contribution < -0.4 is 5.32 Å². The second-order valence-electron chi connectivity index (χ2n) is 5.82. The van der Waals surface area contributed by atoms with Gasteiger partial charge in [-0.3, -0.25) is 10.1 Å². The quantitative estimate of drug-likeness (QED) is 0.503. The number of hydrogen-bond acceptors (Lipinski definition) is 5. The molecule has 0 heterocycles. The number of hydrogen-bond donors (Lipinski definition) is 2. The predicted octanol–water partition coefficient (Wildman–Crippen LogP) is 1.96. The first-order valence-corrected chi connectivity index (χ1v) is 9.02. The van der Waals surface area contributed by atoms with Gasteiger partial charge in [-0.15, -0.1) is 0 Å². The maximum Gasteiger partial charge on any atom is 0.326 e. The zero-order chi connectivity index (χ0) is 14.4. The maximum absolute atomic E-state index is 12.5. The van der Waals surface area contributed by atoms with Gasteiger partial charge in [-0.05, 0) is 50.7 Å². The van der Waals surface area contributed by atoms with E-state index in [1.807, 2.05) is 6.92 Å². The zero-order valence-corrected chi connectivity index (χ0v) is 13.2. The molecule has 20 heavy (non-hydrogen) atoms. The number of rotatable bonds is 9. The molecule has 2 unspecified atom stereocenters. The van der Waals surface area contributed by atoms with Crippen LogP contribution in [0.2, 0.25) is 0 Å². The van der Waals surface area contributed by atoms with Crippen molar-refractivity contribution >= 4 is 17.7 Å². The van der Waals surface area contributed by atoms with Gasteiger partial charge in [-0.1, -0.05) is 6.42 Å². The average molecular weight is 301 g/mol. The maximum atomic E-state index is 12.5. The fraction of sp³-hybridized carbons (Fsp3) is 0.933. The summed E-state index contributed by atoms with van der Waals surface area (Å²) in [5, 5.41) is 12.4. The molecule has 2 atom stereocenters. The lowest BCUT2D eigenvalue weighted by Gasteiger charge is -2.34. The molecule has 0 aromatic rings. The molecule has 0 aliphatic heterocycles. The number of nitrogens with one attached hydrogen (secondary N) is 1. The van der Waals surface area contributed by atoms with E-state index in [1.165, 1.54) is 12.8 Å². The summed E-state index contributed by atoms with van der Waals surface area (Å²) in [5.74, 6) is 2.14. The summed E-state index contributed by atoms with van der Waals surface area (Å²) in [7, 11) is 0. The molecule has 0 bridgehead atoms. The molecule has 0 spiro atoms. The molecular weight excluding hydrogens is 274 g/mol. The minimum atomic E-state index is -0.434. The Labute approximate surface area is 126 Å². The fourth-order valence-electron chi connectivity index (χ4n) is 3.23. The predicted molar refractivity (Wildman–Crippen MR) is 81.9 cm³/mol. The largest absolute Gasteiger partial charge is 0.465 e. The number of aliphatic hydroxyl groups is 1. The Bertz CT molecular complexity index is 322. The molecule has 4 nitrogen and oxygen atoms in total. The third-order valence-electron chi connectivity index (χ3n) is 4.35. The Kier molecular flexibility index (Phi) is 6.18. The summed E-state index contributed by atoms with van der Waals surface area (Å²) < 4.78 is 5.37. The molecular formula is C15H27NO3S. The minimum absolute atomic E-state index is 0.0402. The monoisotopic (exact) mass is 301 g/mol. The van der Waals surface area contributed by atoms with E-state index in [2.05, 4.69) is 5.32 Å². The number of thioether (sulfide) groups is 1. The first-order chi connectivity index (χ1) is 9.73. The van der Waals surface area contributed by atoms with E-state index < -0.39 is 5.54 Å². The standard InChI is InChI=1S/C15H27NO3S/c1-2-19-14(18)15(16-13-5-6-13)8-3-4-12(15)7-10-20-11-9-17/h12-13,16-17H,2-11H2,1H3. The summed E-state index contributed by atoms with van der Waals surface area (Å²) in [6, 6.07) is 0.519. The Hall–Kier alpha value is -0.260. The van der Waals surface area contributed by atoms with E-state index in [-0.39, 0.29) is 12.6 Å². The minimum Gasteiger partial charge on any atom is -0.465 e. The molecule has 0 saturated heterocycles. The highest BCUT2D eigenvalue weighted by Crippen LogP contribution is 2.41. The molecule has 2 aliphatic rings. The average Bonchev–Trinajstić information content (AvgIpc) is 3.15. The second kappa shape index (κ2) is 7.66. The van der Waals surface area contributed by atoms with Crippen LogP contribution in [0.1, 0.15) is 45.4 Å². The van der Waals surface area contributed by atoms with Crippen LogP contribution in [0.3, 0.4) is 0 Å². The Morgan fingerprint density at radius 2 is 2.20 bits per heavy atom. The van der Waals surface area contributed by atoms with E-state index >= 15 is 0 Å². The van der Waals surface area contributed by atoms with Crippen LogP contribution in [0.4, 0.5) is 0 Å². The number of ether oxygens (including phenoxy) is 1. The first-order valence-electron chi connectivity index (χ1n) is 7.86. The molecule has 2 saturated carbocycles. The van der Waals surface area contributed by atoms with E-state index in [4.69, 9.17) is 9.84 Å². The van der Waals surface area contributed by atoms with Gasteiger partial charge in [0, 0.05) is 11.8 Å². The van der Waals surface area contributed by atoms with Crippen molar-refractivity contribution in [3.8, 4) is 0 Å². The Balaban J connectivity index is 1.96. The van der Waals surface area contributed by atoms with Crippen LogP contribution in [0.15, 0.2) is 0 Å². The molecule has 0 radical (unpaired) electrons. The van der Waals surface area contributed by atoms with E-state index in [9.17, 15) is 4.79 Å². The van der Waals surface area contributed by atoms with Crippen LogP contribution in [0.5, 0.6) is 0 Å². The summed E-state index contributed by atoms with van der Waals surface area (Å²) in [5.41, 5.74) is -0.434. The molecule has 2 fully saturated rings. The number of esters is 1. The van der Waals surface area contributed by atoms with Crippen molar-refractivity contribution in [3.63, 3.8) is 0 Å². The van der Waals surface area contributed by atoms with Crippen LogP contribution in [0.25, 0.3) is 0 Å². The van der Waals surface area contributed by atoms with Gasteiger partial charge in [0.05, 0.1) is 13.2 Å². The van der Waals surface area contributed by atoms with Gasteiger partial charge in [0.25, 0.3) is 0 Å². The molecule has 2 N–H and O–H groups in total. The molecule has 2 aliphatic carbocycles. The van der Waals surface area contributed by atoms with Crippen molar-refractivity contribution in [3.05, 3.63) is 0 Å². The van der Waals surface area contributed by atoms with Crippen molar-refractivity contribution in [1.82, 2.24) is 5.32 Å². The molecule has 0 amide bonds. The lowest BCUT2D eigenvalue weighted by molar-refractivity contribution is -0.153. The Morgan fingerprint density at radius 3 is 2.85 bits per heavy atom. The third kappa shape index (κ3) is 3.89. The van der Waals surface area contributed by atoms with E-state index in [1.54, 1.807) is 11.8 Å². The number of carbonyl (C=O) groups excluding carboxylic acids is 1. The zero-order valence-electron chi connectivity index (χ0n) is 12.4. The van der Waals surface area contributed by atoms with Gasteiger partial charge < -0.3 is 9.84 Å². The highest BCUT2D eigenvalue weighted by atomic mass is 32.2. The number of aliphatic hydroxyl groups excluding tert-OH is 1. The molecule has 2 rings (SSSR count). The van der Waals surface area contributed by atoms with Crippen LogP contribution in [-0.2, 0) is 9.53 Å². The van der Waals surface area contributed by atoms with Gasteiger partial charge in [0.15, 0.2) is 0 Å². The summed E-state index contributed by atoms with van der Waals surface area (Å²) in [6.07, 6.45) is 6.53. The van der Waals surface area contributed by atoms with Gasteiger partial charge in [-0.2, -0.15) is 11.8 Å². The van der Waals surface area contributed by atoms with Crippen LogP contribution in [-0.4, -0.2) is 47.4 Å². The SMILES string of the molecule is CCOC(=O)C1(NC2CC2)CCCC1CCSCCO. The first kappa shape index (κ1) is 16.1. The van der Waals surface area contributed by atoms with Crippen LogP contribution >= 0.6 is 11.8 Å². The van der Waals surface area contributed by atoms with E-state index in [0.29, 0.717) is 18.6 Å². The smallest absolute Gasteiger partial charge is 0.326 e. The van der Waals surface area contributed by atoms with Gasteiger partial charge in [0.2, 0.25) is 0 Å². The lowest BCUT2D eigenvalue weighted by Crippen LogP contribution is -2.56. The molecule has 5 heteroatoms. The van der Waals surface area contributed by atoms with Gasteiger partial charge in [-0.25, -0.2) is 0 Å². The topological polar surface area (TPSA) is 58.6 Å². The van der Waals surface area contributed by atoms with Crippen molar-refractivity contribution in [2.45, 2.75) is 57.0 Å². The van der Waals surface area contributed by atoms with Crippen LogP contribution in [0, 0.1) is 5.92 Å².